The zero-order valence-corrected chi connectivity index (χ0v) is 15.3. The summed E-state index contributed by atoms with van der Waals surface area (Å²) in [5, 5.41) is 3.02. The summed E-state index contributed by atoms with van der Waals surface area (Å²) < 4.78 is 0. The summed E-state index contributed by atoms with van der Waals surface area (Å²) >= 11 is 0. The minimum atomic E-state index is -0.834. The van der Waals surface area contributed by atoms with E-state index in [4.69, 9.17) is 0 Å². The predicted molar refractivity (Wildman–Crippen MR) is 103 cm³/mol. The first-order valence-corrected chi connectivity index (χ1v) is 9.25. The zero-order valence-electron chi connectivity index (χ0n) is 15.3. The van der Waals surface area contributed by atoms with E-state index in [9.17, 15) is 9.59 Å². The number of nitrogens with one attached hydrogen (secondary N) is 2. The van der Waals surface area contributed by atoms with Crippen LogP contribution in [0.4, 0.5) is 5.69 Å². The maximum absolute atomic E-state index is 13.4. The Hall–Kier alpha value is -3.48. The lowest BCUT2D eigenvalue weighted by atomic mass is 9.73. The van der Waals surface area contributed by atoms with Crippen LogP contribution in [0.3, 0.4) is 0 Å². The van der Waals surface area contributed by atoms with Crippen LogP contribution in [0.25, 0.3) is 0 Å². The van der Waals surface area contributed by atoms with Crippen molar-refractivity contribution in [2.75, 3.05) is 11.9 Å². The van der Waals surface area contributed by atoms with E-state index in [1.807, 2.05) is 43.3 Å². The molecule has 1 saturated heterocycles. The van der Waals surface area contributed by atoms with Crippen LogP contribution in [-0.2, 0) is 10.2 Å². The second kappa shape index (κ2) is 6.02. The highest BCUT2D eigenvalue weighted by atomic mass is 16.2. The van der Waals surface area contributed by atoms with Gasteiger partial charge in [0.1, 0.15) is 11.1 Å². The van der Waals surface area contributed by atoms with Gasteiger partial charge in [-0.3, -0.25) is 14.6 Å². The number of benzene rings is 1. The fourth-order valence-corrected chi connectivity index (χ4v) is 4.62. The Morgan fingerprint density at radius 1 is 1.25 bits per heavy atom. The first-order valence-electron chi connectivity index (χ1n) is 9.25. The lowest BCUT2D eigenvalue weighted by Crippen LogP contribution is -2.42. The number of H-pyrrole nitrogens is 1. The second-order valence-electron chi connectivity index (χ2n) is 7.28. The first-order chi connectivity index (χ1) is 13.6. The van der Waals surface area contributed by atoms with Crippen molar-refractivity contribution in [3.8, 4) is 0 Å². The summed E-state index contributed by atoms with van der Waals surface area (Å²) in [6.07, 6.45) is 5.50. The maximum Gasteiger partial charge on any atom is 0.274 e. The van der Waals surface area contributed by atoms with Crippen LogP contribution in [-0.4, -0.2) is 38.2 Å². The Morgan fingerprint density at radius 3 is 2.86 bits per heavy atom. The number of hydrogen-bond donors (Lipinski definition) is 2. The standard InChI is InChI=1S/C21H19N5O2/c1-13-17(24-12-23-13)19(27)26-10-8-21(18(26)14-5-4-9-22-11-14)15-6-2-3-7-16(15)25-20(21)28/h2-7,9,11-12,18H,8,10H2,1H3,(H,23,24)(H,25,28). The summed E-state index contributed by atoms with van der Waals surface area (Å²) in [5.74, 6) is -0.252. The van der Waals surface area contributed by atoms with Crippen molar-refractivity contribution < 1.29 is 9.59 Å². The van der Waals surface area contributed by atoms with Gasteiger partial charge >= 0.3 is 0 Å². The number of carbonyl (C=O) groups is 2. The summed E-state index contributed by atoms with van der Waals surface area (Å²) in [4.78, 5) is 39.8. The van der Waals surface area contributed by atoms with Crippen LogP contribution < -0.4 is 5.32 Å². The third-order valence-electron chi connectivity index (χ3n) is 5.88. The number of aromatic nitrogens is 3. The molecule has 0 radical (unpaired) electrons. The molecule has 0 aliphatic carbocycles. The summed E-state index contributed by atoms with van der Waals surface area (Å²) in [6.45, 7) is 2.29. The van der Waals surface area contributed by atoms with Crippen molar-refractivity contribution in [1.82, 2.24) is 19.9 Å². The third kappa shape index (κ3) is 2.16. The fourth-order valence-electron chi connectivity index (χ4n) is 4.62. The Bertz CT molecular complexity index is 1080. The Kier molecular flexibility index (Phi) is 3.58. The van der Waals surface area contributed by atoms with Gasteiger partial charge in [0.2, 0.25) is 5.91 Å². The van der Waals surface area contributed by atoms with E-state index in [0.29, 0.717) is 24.4 Å². The van der Waals surface area contributed by atoms with Gasteiger partial charge in [-0.15, -0.1) is 0 Å². The SMILES string of the molecule is Cc1[nH]cnc1C(=O)N1CCC2(C(=O)Nc3ccccc32)C1c1cccnc1. The molecule has 2 aromatic heterocycles. The maximum atomic E-state index is 13.4. The molecule has 0 saturated carbocycles. The lowest BCUT2D eigenvalue weighted by molar-refractivity contribution is -0.121. The number of fused-ring (bicyclic) bond motifs is 2. The van der Waals surface area contributed by atoms with Crippen molar-refractivity contribution in [1.29, 1.82) is 0 Å². The number of carbonyl (C=O) groups excluding carboxylic acids is 2. The van der Waals surface area contributed by atoms with Gasteiger partial charge in [0.15, 0.2) is 0 Å². The molecule has 2 atom stereocenters. The minimum Gasteiger partial charge on any atom is -0.348 e. The van der Waals surface area contributed by atoms with E-state index in [-0.39, 0.29) is 11.8 Å². The smallest absolute Gasteiger partial charge is 0.274 e. The van der Waals surface area contributed by atoms with E-state index >= 15 is 0 Å². The van der Waals surface area contributed by atoms with Crippen molar-refractivity contribution in [3.63, 3.8) is 0 Å². The van der Waals surface area contributed by atoms with E-state index < -0.39 is 11.5 Å². The third-order valence-corrected chi connectivity index (χ3v) is 5.88. The number of pyridine rings is 1. The van der Waals surface area contributed by atoms with Crippen LogP contribution >= 0.6 is 0 Å². The van der Waals surface area contributed by atoms with Gasteiger partial charge in [-0.25, -0.2) is 4.98 Å². The quantitative estimate of drug-likeness (QED) is 0.722. The Balaban J connectivity index is 1.69. The predicted octanol–water partition coefficient (Wildman–Crippen LogP) is 2.59. The molecule has 1 fully saturated rings. The van der Waals surface area contributed by atoms with Crippen LogP contribution in [0.15, 0.2) is 55.1 Å². The van der Waals surface area contributed by atoms with Gasteiger partial charge in [-0.05, 0) is 36.6 Å². The van der Waals surface area contributed by atoms with Crippen molar-refractivity contribution in [2.24, 2.45) is 0 Å². The van der Waals surface area contributed by atoms with E-state index in [2.05, 4.69) is 20.3 Å². The first kappa shape index (κ1) is 16.7. The number of rotatable bonds is 2. The van der Waals surface area contributed by atoms with Gasteiger partial charge in [0.05, 0.1) is 12.4 Å². The topological polar surface area (TPSA) is 91.0 Å². The molecule has 2 unspecified atom stereocenters. The van der Waals surface area contributed by atoms with Crippen molar-refractivity contribution in [3.05, 3.63) is 77.6 Å². The molecule has 1 aromatic carbocycles. The van der Waals surface area contributed by atoms with Crippen molar-refractivity contribution >= 4 is 17.5 Å². The zero-order chi connectivity index (χ0) is 19.3. The molecule has 3 aromatic rings. The lowest BCUT2D eigenvalue weighted by Gasteiger charge is -2.34. The van der Waals surface area contributed by atoms with Crippen LogP contribution in [0.5, 0.6) is 0 Å². The average Bonchev–Trinajstić information content (AvgIpc) is 3.40. The Labute approximate surface area is 161 Å². The number of para-hydroxylation sites is 1. The van der Waals surface area contributed by atoms with Crippen molar-refractivity contribution in [2.45, 2.75) is 24.8 Å². The van der Waals surface area contributed by atoms with Gasteiger partial charge in [0, 0.05) is 30.3 Å². The number of nitrogens with zero attached hydrogens (tertiary/aromatic N) is 3. The fraction of sp³-hybridized carbons (Fsp3) is 0.238. The highest BCUT2D eigenvalue weighted by Crippen LogP contribution is 2.54. The molecule has 7 nitrogen and oxygen atoms in total. The van der Waals surface area contributed by atoms with Gasteiger partial charge in [0.25, 0.3) is 5.91 Å². The minimum absolute atomic E-state index is 0.0726. The van der Waals surface area contributed by atoms with Gasteiger partial charge in [-0.1, -0.05) is 24.3 Å². The molecule has 4 heterocycles. The van der Waals surface area contributed by atoms with Gasteiger partial charge < -0.3 is 15.2 Å². The summed E-state index contributed by atoms with van der Waals surface area (Å²) in [7, 11) is 0. The molecule has 28 heavy (non-hydrogen) atoms. The van der Waals surface area contributed by atoms with Crippen LogP contribution in [0, 0.1) is 6.92 Å². The number of aryl methyl sites for hydroxylation is 1. The van der Waals surface area contributed by atoms with Crippen LogP contribution in [0.2, 0.25) is 0 Å². The molecule has 2 aliphatic heterocycles. The highest BCUT2D eigenvalue weighted by Gasteiger charge is 2.59. The number of aromatic amines is 1. The normalized spacial score (nSPS) is 23.1. The monoisotopic (exact) mass is 373 g/mol. The molecule has 2 aliphatic rings. The van der Waals surface area contributed by atoms with E-state index in [1.165, 1.54) is 6.33 Å². The van der Waals surface area contributed by atoms with Crippen LogP contribution in [0.1, 0.15) is 39.8 Å². The molecule has 5 rings (SSSR count). The molecular formula is C21H19N5O2. The number of amides is 2. The van der Waals surface area contributed by atoms with E-state index in [0.717, 1.165) is 16.8 Å². The Morgan fingerprint density at radius 2 is 2.11 bits per heavy atom. The van der Waals surface area contributed by atoms with E-state index in [1.54, 1.807) is 17.3 Å². The molecule has 2 N–H and O–H groups in total. The summed E-state index contributed by atoms with van der Waals surface area (Å²) in [5.41, 5.74) is 2.85. The summed E-state index contributed by atoms with van der Waals surface area (Å²) in [6, 6.07) is 11.0. The number of imidazole rings is 1. The average molecular weight is 373 g/mol. The van der Waals surface area contributed by atoms with Gasteiger partial charge in [-0.2, -0.15) is 0 Å². The molecule has 140 valence electrons. The number of anilines is 1. The molecule has 0 bridgehead atoms. The number of likely N-dealkylation sites (tertiary alicyclic amines) is 1. The highest BCUT2D eigenvalue weighted by molar-refractivity contribution is 6.08. The molecule has 7 heteroatoms. The number of hydrogen-bond acceptors (Lipinski definition) is 4. The molecular weight excluding hydrogens is 354 g/mol. The second-order valence-corrected chi connectivity index (χ2v) is 7.28. The molecule has 1 spiro atoms. The molecule has 2 amide bonds. The largest absolute Gasteiger partial charge is 0.348 e.